The molecule has 0 unspecified atom stereocenters. The van der Waals surface area contributed by atoms with E-state index in [-0.39, 0.29) is 28.9 Å². The average Bonchev–Trinajstić information content (AvgIpc) is 3.70. The van der Waals surface area contributed by atoms with E-state index in [1.165, 1.54) is 6.07 Å². The van der Waals surface area contributed by atoms with Crippen molar-refractivity contribution in [1.29, 1.82) is 0 Å². The van der Waals surface area contributed by atoms with Gasteiger partial charge in [-0.05, 0) is 61.7 Å². The number of likely N-dealkylation sites (tertiary alicyclic amines) is 2. The molecule has 8 rings (SSSR count). The van der Waals surface area contributed by atoms with Crippen LogP contribution in [0, 0.1) is 5.82 Å². The van der Waals surface area contributed by atoms with Crippen molar-refractivity contribution in [1.82, 2.24) is 19.6 Å². The van der Waals surface area contributed by atoms with E-state index in [0.29, 0.717) is 34.8 Å². The number of amides is 2. The summed E-state index contributed by atoms with van der Waals surface area (Å²) >= 11 is 12.7. The first-order chi connectivity index (χ1) is 20.8. The molecule has 0 bridgehead atoms. The summed E-state index contributed by atoms with van der Waals surface area (Å²) in [6.07, 6.45) is 3.83. The third-order valence-corrected chi connectivity index (χ3v) is 10.6. The molecule has 1 aromatic heterocycles. The van der Waals surface area contributed by atoms with Gasteiger partial charge < -0.3 is 10.2 Å². The van der Waals surface area contributed by atoms with Crippen LogP contribution in [0.3, 0.4) is 0 Å². The standard InChI is InChI=1S/C33H30Cl2FN5O2/c1-2-40-27-17-26-20-11-9-18(31(42)39-13-4-3-5-14-39)15-24(20)38-41(26)30(27)28(21-7-6-8-23(35)29(21)36)33(40)22-12-10-19(34)16-25(22)37-32(33)43/h6-12,15-16,27-28,30H,2-5,13-14,17H2,1H3,(H,37,43)/t27-,28-,30+,33+/m0/s1. The van der Waals surface area contributed by atoms with Crippen LogP contribution in [0.5, 0.6) is 0 Å². The first-order valence-corrected chi connectivity index (χ1v) is 15.7. The lowest BCUT2D eigenvalue weighted by molar-refractivity contribution is -0.127. The minimum Gasteiger partial charge on any atom is -0.339 e. The van der Waals surface area contributed by atoms with E-state index in [1.807, 2.05) is 40.8 Å². The van der Waals surface area contributed by atoms with E-state index in [9.17, 15) is 9.59 Å². The van der Waals surface area contributed by atoms with Gasteiger partial charge in [-0.15, -0.1) is 0 Å². The Bertz CT molecular complexity index is 1840. The van der Waals surface area contributed by atoms with Gasteiger partial charge in [-0.25, -0.2) is 4.39 Å². The first-order valence-electron chi connectivity index (χ1n) is 15.0. The molecule has 4 aromatic rings. The number of hydrogen-bond acceptors (Lipinski definition) is 4. The molecule has 4 aliphatic heterocycles. The predicted molar refractivity (Wildman–Crippen MR) is 164 cm³/mol. The molecule has 0 saturated carbocycles. The monoisotopic (exact) mass is 617 g/mol. The number of halogens is 3. The van der Waals surface area contributed by atoms with Gasteiger partial charge >= 0.3 is 0 Å². The lowest BCUT2D eigenvalue weighted by Crippen LogP contribution is -2.52. The Morgan fingerprint density at radius 2 is 1.91 bits per heavy atom. The zero-order valence-corrected chi connectivity index (χ0v) is 25.1. The molecule has 5 heterocycles. The minimum absolute atomic E-state index is 0.0126. The van der Waals surface area contributed by atoms with Crippen molar-refractivity contribution >= 4 is 51.6 Å². The van der Waals surface area contributed by atoms with Gasteiger partial charge in [-0.1, -0.05) is 54.4 Å². The van der Waals surface area contributed by atoms with Gasteiger partial charge in [-0.2, -0.15) is 5.10 Å². The Labute approximate surface area is 258 Å². The van der Waals surface area contributed by atoms with Crippen molar-refractivity contribution in [3.05, 3.63) is 92.8 Å². The highest BCUT2D eigenvalue weighted by Gasteiger charge is 2.69. The van der Waals surface area contributed by atoms with Crippen LogP contribution in [0.4, 0.5) is 10.1 Å². The van der Waals surface area contributed by atoms with Crippen LogP contribution in [-0.4, -0.2) is 57.1 Å². The molecule has 2 amide bonds. The lowest BCUT2D eigenvalue weighted by atomic mass is 9.73. The highest BCUT2D eigenvalue weighted by atomic mass is 35.5. The van der Waals surface area contributed by atoms with Gasteiger partial charge in [-0.3, -0.25) is 19.2 Å². The van der Waals surface area contributed by atoms with Crippen LogP contribution >= 0.6 is 23.2 Å². The number of rotatable bonds is 3. The van der Waals surface area contributed by atoms with Crippen LogP contribution < -0.4 is 5.32 Å². The summed E-state index contributed by atoms with van der Waals surface area (Å²) in [5.74, 6) is -1.34. The number of carbonyl (C=O) groups excluding carboxylic acids is 2. The summed E-state index contributed by atoms with van der Waals surface area (Å²) in [6.45, 7) is 4.15. The molecular formula is C33H30Cl2FN5O2. The molecule has 4 atom stereocenters. The van der Waals surface area contributed by atoms with E-state index in [0.717, 1.165) is 54.5 Å². The highest BCUT2D eigenvalue weighted by molar-refractivity contribution is 6.31. The molecule has 0 radical (unpaired) electrons. The molecule has 3 aromatic carbocycles. The summed E-state index contributed by atoms with van der Waals surface area (Å²) in [4.78, 5) is 31.7. The number of carbonyl (C=O) groups is 2. The van der Waals surface area contributed by atoms with E-state index in [4.69, 9.17) is 28.3 Å². The summed E-state index contributed by atoms with van der Waals surface area (Å²) in [6, 6.07) is 15.7. The Balaban J connectivity index is 1.32. The second kappa shape index (κ2) is 9.78. The van der Waals surface area contributed by atoms with E-state index in [2.05, 4.69) is 10.2 Å². The maximum atomic E-state index is 16.1. The third-order valence-electron chi connectivity index (χ3n) is 10.1. The van der Waals surface area contributed by atoms with Crippen LogP contribution in [-0.2, 0) is 16.8 Å². The number of aromatic nitrogens is 2. The minimum atomic E-state index is -1.19. The number of piperidine rings is 1. The molecule has 0 aliphatic carbocycles. The molecule has 220 valence electrons. The first kappa shape index (κ1) is 27.1. The Morgan fingerprint density at radius 1 is 1.09 bits per heavy atom. The van der Waals surface area contributed by atoms with Crippen LogP contribution in [0.2, 0.25) is 10.0 Å². The molecule has 43 heavy (non-hydrogen) atoms. The number of fused-ring (bicyclic) bond motifs is 7. The van der Waals surface area contributed by atoms with Crippen molar-refractivity contribution in [3.8, 4) is 0 Å². The Hall–Kier alpha value is -3.46. The second-order valence-corrected chi connectivity index (χ2v) is 12.9. The number of hydrogen-bond donors (Lipinski definition) is 1. The number of benzene rings is 3. The lowest BCUT2D eigenvalue weighted by Gasteiger charge is -2.39. The number of likely N-dealkylation sites (N-methyl/N-ethyl adjacent to an activating group) is 1. The molecule has 10 heteroatoms. The summed E-state index contributed by atoms with van der Waals surface area (Å²) in [5.41, 5.74) is 2.97. The predicted octanol–water partition coefficient (Wildman–Crippen LogP) is 6.54. The SMILES string of the molecule is CCN1[C@H]2Cc3c4ccc(C(=O)N5CCCCC5)cc4nn3[C@H]2[C@H](c2cccc(Cl)c2F)[C@]12C(=O)Nc1cc(Cl)ccc12. The molecule has 7 nitrogen and oxygen atoms in total. The van der Waals surface area contributed by atoms with Gasteiger partial charge in [0.25, 0.3) is 5.91 Å². The van der Waals surface area contributed by atoms with Gasteiger partial charge in [0, 0.05) is 64.4 Å². The van der Waals surface area contributed by atoms with Gasteiger partial charge in [0.15, 0.2) is 0 Å². The molecule has 4 aliphatic rings. The van der Waals surface area contributed by atoms with Crippen LogP contribution in [0.25, 0.3) is 10.9 Å². The van der Waals surface area contributed by atoms with Crippen molar-refractivity contribution in [3.63, 3.8) is 0 Å². The summed E-state index contributed by atoms with van der Waals surface area (Å²) < 4.78 is 18.1. The van der Waals surface area contributed by atoms with Crippen molar-refractivity contribution in [2.75, 3.05) is 25.0 Å². The maximum absolute atomic E-state index is 16.1. The molecular weight excluding hydrogens is 588 g/mol. The van der Waals surface area contributed by atoms with Crippen molar-refractivity contribution < 1.29 is 14.0 Å². The molecule has 1 N–H and O–H groups in total. The van der Waals surface area contributed by atoms with Gasteiger partial charge in [0.2, 0.25) is 5.91 Å². The number of nitrogens with zero attached hydrogens (tertiary/aromatic N) is 4. The smallest absolute Gasteiger partial charge is 0.253 e. The summed E-state index contributed by atoms with van der Waals surface area (Å²) in [7, 11) is 0. The van der Waals surface area contributed by atoms with Crippen LogP contribution in [0.15, 0.2) is 54.6 Å². The highest BCUT2D eigenvalue weighted by Crippen LogP contribution is 2.63. The largest absolute Gasteiger partial charge is 0.339 e. The normalized spacial score (nSPS) is 26.2. The van der Waals surface area contributed by atoms with E-state index >= 15 is 4.39 Å². The molecule has 2 fully saturated rings. The second-order valence-electron chi connectivity index (χ2n) is 12.1. The van der Waals surface area contributed by atoms with Crippen molar-refractivity contribution in [2.45, 2.75) is 56.1 Å². The van der Waals surface area contributed by atoms with E-state index < -0.39 is 17.3 Å². The fourth-order valence-electron chi connectivity index (χ4n) is 8.39. The fourth-order valence-corrected chi connectivity index (χ4v) is 8.74. The topological polar surface area (TPSA) is 70.5 Å². The molecule has 2 saturated heterocycles. The zero-order valence-electron chi connectivity index (χ0n) is 23.6. The maximum Gasteiger partial charge on any atom is 0.253 e. The van der Waals surface area contributed by atoms with Gasteiger partial charge in [0.1, 0.15) is 11.4 Å². The summed E-state index contributed by atoms with van der Waals surface area (Å²) in [5, 5.41) is 9.65. The van der Waals surface area contributed by atoms with E-state index in [1.54, 1.807) is 24.3 Å². The quantitative estimate of drug-likeness (QED) is 0.283. The fraction of sp³-hybridized carbons (Fsp3) is 0.364. The van der Waals surface area contributed by atoms with Gasteiger partial charge in [0.05, 0.1) is 16.6 Å². The third kappa shape index (κ3) is 3.66. The molecule has 1 spiro atoms. The van der Waals surface area contributed by atoms with Crippen LogP contribution in [0.1, 0.15) is 65.3 Å². The zero-order chi connectivity index (χ0) is 29.6. The average molecular weight is 619 g/mol. The number of anilines is 1. The Kier molecular flexibility index (Phi) is 6.16. The number of nitrogens with one attached hydrogen (secondary N) is 1. The van der Waals surface area contributed by atoms with Crippen molar-refractivity contribution in [2.24, 2.45) is 0 Å². The Morgan fingerprint density at radius 3 is 2.70 bits per heavy atom.